The maximum Gasteiger partial charge on any atom is 0.100 e. The molecule has 12 heavy (non-hydrogen) atoms. The van der Waals surface area contributed by atoms with Gasteiger partial charge in [-0.15, -0.1) is 0 Å². The summed E-state index contributed by atoms with van der Waals surface area (Å²) in [4.78, 5) is 4.24. The van der Waals surface area contributed by atoms with Gasteiger partial charge in [-0.2, -0.15) is 0 Å². The highest BCUT2D eigenvalue weighted by molar-refractivity contribution is 5.78. The smallest absolute Gasteiger partial charge is 0.100 e. The van der Waals surface area contributed by atoms with Crippen LogP contribution in [0.1, 0.15) is 6.92 Å². The number of rotatable bonds is 1. The number of hydrogen-bond acceptors (Lipinski definition) is 1. The van der Waals surface area contributed by atoms with Gasteiger partial charge in [0.1, 0.15) is 6.33 Å². The van der Waals surface area contributed by atoms with E-state index in [-0.39, 0.29) is 0 Å². The average molecular weight is 158 g/mol. The highest BCUT2D eigenvalue weighted by Gasteiger charge is 1.99. The quantitative estimate of drug-likeness (QED) is 0.623. The van der Waals surface area contributed by atoms with Gasteiger partial charge in [-0.3, -0.25) is 0 Å². The SMILES string of the molecule is C=C(C)n1cnc2ccccc21. The molecule has 1 aromatic heterocycles. The van der Waals surface area contributed by atoms with Gasteiger partial charge in [-0.1, -0.05) is 18.7 Å². The zero-order valence-electron chi connectivity index (χ0n) is 6.99. The molecule has 2 nitrogen and oxygen atoms in total. The Morgan fingerprint density at radius 3 is 2.92 bits per heavy atom. The second-order valence-corrected chi connectivity index (χ2v) is 2.84. The minimum Gasteiger partial charge on any atom is -0.304 e. The van der Waals surface area contributed by atoms with Crippen molar-refractivity contribution in [3.8, 4) is 0 Å². The van der Waals surface area contributed by atoms with Crippen molar-refractivity contribution in [3.05, 3.63) is 37.2 Å². The summed E-state index contributed by atoms with van der Waals surface area (Å²) in [7, 11) is 0. The maximum absolute atomic E-state index is 4.24. The first-order chi connectivity index (χ1) is 5.79. The largest absolute Gasteiger partial charge is 0.304 e. The number of allylic oxidation sites excluding steroid dienone is 1. The Morgan fingerprint density at radius 2 is 2.17 bits per heavy atom. The van der Waals surface area contributed by atoms with Crippen molar-refractivity contribution < 1.29 is 0 Å². The van der Waals surface area contributed by atoms with Gasteiger partial charge in [0.25, 0.3) is 0 Å². The van der Waals surface area contributed by atoms with E-state index in [0.717, 1.165) is 16.7 Å². The molecule has 2 heteroatoms. The Kier molecular flexibility index (Phi) is 1.47. The second kappa shape index (κ2) is 2.48. The first-order valence-electron chi connectivity index (χ1n) is 3.87. The first-order valence-corrected chi connectivity index (χ1v) is 3.87. The second-order valence-electron chi connectivity index (χ2n) is 2.84. The van der Waals surface area contributed by atoms with E-state index < -0.39 is 0 Å². The van der Waals surface area contributed by atoms with Crippen LogP contribution in [0.2, 0.25) is 0 Å². The molecule has 0 N–H and O–H groups in total. The molecule has 60 valence electrons. The molecule has 2 rings (SSSR count). The zero-order chi connectivity index (χ0) is 8.55. The van der Waals surface area contributed by atoms with E-state index in [0.29, 0.717) is 0 Å². The molecule has 0 aliphatic rings. The maximum atomic E-state index is 4.24. The number of benzene rings is 1. The van der Waals surface area contributed by atoms with Gasteiger partial charge in [0.05, 0.1) is 11.0 Å². The Bertz CT molecular complexity index is 426. The third kappa shape index (κ3) is 0.925. The third-order valence-electron chi connectivity index (χ3n) is 1.86. The van der Waals surface area contributed by atoms with Crippen LogP contribution in [0.5, 0.6) is 0 Å². The summed E-state index contributed by atoms with van der Waals surface area (Å²) in [5.74, 6) is 0. The predicted octanol–water partition coefficient (Wildman–Crippen LogP) is 2.53. The van der Waals surface area contributed by atoms with E-state index in [1.807, 2.05) is 35.8 Å². The fourth-order valence-electron chi connectivity index (χ4n) is 1.26. The van der Waals surface area contributed by atoms with Crippen LogP contribution in [-0.2, 0) is 0 Å². The fourth-order valence-corrected chi connectivity index (χ4v) is 1.26. The van der Waals surface area contributed by atoms with Gasteiger partial charge < -0.3 is 4.57 Å². The normalized spacial score (nSPS) is 10.4. The summed E-state index contributed by atoms with van der Waals surface area (Å²) in [6.07, 6.45) is 1.80. The number of nitrogens with zero attached hydrogens (tertiary/aromatic N) is 2. The molecular weight excluding hydrogens is 148 g/mol. The van der Waals surface area contributed by atoms with E-state index in [1.165, 1.54) is 0 Å². The lowest BCUT2D eigenvalue weighted by Gasteiger charge is -1.99. The van der Waals surface area contributed by atoms with E-state index in [1.54, 1.807) is 6.33 Å². The van der Waals surface area contributed by atoms with E-state index in [9.17, 15) is 0 Å². The van der Waals surface area contributed by atoms with E-state index in [2.05, 4.69) is 11.6 Å². The standard InChI is InChI=1S/C10H10N2/c1-8(2)12-7-11-9-5-3-4-6-10(9)12/h3-7H,1H2,2H3. The van der Waals surface area contributed by atoms with Crippen molar-refractivity contribution in [1.82, 2.24) is 9.55 Å². The van der Waals surface area contributed by atoms with Crippen molar-refractivity contribution in [2.45, 2.75) is 6.92 Å². The fraction of sp³-hybridized carbons (Fsp3) is 0.100. The Labute approximate surface area is 71.2 Å². The van der Waals surface area contributed by atoms with Crippen LogP contribution in [0, 0.1) is 0 Å². The average Bonchev–Trinajstić information content (AvgIpc) is 2.47. The third-order valence-corrected chi connectivity index (χ3v) is 1.86. The summed E-state index contributed by atoms with van der Waals surface area (Å²) < 4.78 is 1.98. The van der Waals surface area contributed by atoms with Gasteiger partial charge >= 0.3 is 0 Å². The molecule has 0 aliphatic heterocycles. The Morgan fingerprint density at radius 1 is 1.42 bits per heavy atom. The van der Waals surface area contributed by atoms with Crippen LogP contribution >= 0.6 is 0 Å². The highest BCUT2D eigenvalue weighted by atomic mass is 15.0. The minimum atomic E-state index is 0.990. The number of imidazole rings is 1. The molecule has 2 aromatic rings. The van der Waals surface area contributed by atoms with Crippen LogP contribution in [0.15, 0.2) is 37.2 Å². The molecule has 0 saturated carbocycles. The molecule has 0 fully saturated rings. The summed E-state index contributed by atoms with van der Waals surface area (Å²) in [6.45, 7) is 5.84. The molecule has 0 atom stereocenters. The lowest BCUT2D eigenvalue weighted by atomic mass is 10.3. The van der Waals surface area contributed by atoms with Crippen molar-refractivity contribution in [2.24, 2.45) is 0 Å². The summed E-state index contributed by atoms with van der Waals surface area (Å²) in [5, 5.41) is 0. The minimum absolute atomic E-state index is 0.990. The monoisotopic (exact) mass is 158 g/mol. The molecule has 0 radical (unpaired) electrons. The number of fused-ring (bicyclic) bond motifs is 1. The number of aromatic nitrogens is 2. The Hall–Kier alpha value is -1.57. The molecule has 0 amide bonds. The molecule has 0 bridgehead atoms. The first kappa shape index (κ1) is 7.10. The van der Waals surface area contributed by atoms with Crippen molar-refractivity contribution >= 4 is 16.7 Å². The number of para-hydroxylation sites is 2. The van der Waals surface area contributed by atoms with Crippen molar-refractivity contribution in [1.29, 1.82) is 0 Å². The molecule has 0 spiro atoms. The molecule has 0 saturated heterocycles. The van der Waals surface area contributed by atoms with Crippen LogP contribution in [0.25, 0.3) is 16.7 Å². The van der Waals surface area contributed by atoms with Crippen LogP contribution in [0.4, 0.5) is 0 Å². The summed E-state index contributed by atoms with van der Waals surface area (Å²) >= 11 is 0. The van der Waals surface area contributed by atoms with Crippen molar-refractivity contribution in [3.63, 3.8) is 0 Å². The topological polar surface area (TPSA) is 17.8 Å². The molecular formula is C10H10N2. The lowest BCUT2D eigenvalue weighted by molar-refractivity contribution is 1.12. The van der Waals surface area contributed by atoms with Crippen LogP contribution < -0.4 is 0 Å². The lowest BCUT2D eigenvalue weighted by Crippen LogP contribution is -1.87. The van der Waals surface area contributed by atoms with E-state index >= 15 is 0 Å². The van der Waals surface area contributed by atoms with Gasteiger partial charge in [-0.05, 0) is 19.1 Å². The van der Waals surface area contributed by atoms with E-state index in [4.69, 9.17) is 0 Å². The Balaban J connectivity index is 2.79. The molecule has 1 heterocycles. The molecule has 0 aliphatic carbocycles. The molecule has 0 unspecified atom stereocenters. The van der Waals surface area contributed by atoms with Crippen molar-refractivity contribution in [2.75, 3.05) is 0 Å². The molecule has 1 aromatic carbocycles. The zero-order valence-corrected chi connectivity index (χ0v) is 6.99. The van der Waals surface area contributed by atoms with Crippen LogP contribution in [-0.4, -0.2) is 9.55 Å². The predicted molar refractivity (Wildman–Crippen MR) is 50.7 cm³/mol. The number of hydrogen-bond donors (Lipinski definition) is 0. The highest BCUT2D eigenvalue weighted by Crippen LogP contribution is 2.14. The van der Waals surface area contributed by atoms with Crippen LogP contribution in [0.3, 0.4) is 0 Å². The summed E-state index contributed by atoms with van der Waals surface area (Å²) in [6, 6.07) is 8.02. The van der Waals surface area contributed by atoms with Gasteiger partial charge in [-0.25, -0.2) is 4.98 Å². The van der Waals surface area contributed by atoms with Gasteiger partial charge in [0, 0.05) is 5.70 Å². The summed E-state index contributed by atoms with van der Waals surface area (Å²) in [5.41, 5.74) is 3.12. The van der Waals surface area contributed by atoms with Gasteiger partial charge in [0.15, 0.2) is 0 Å². The van der Waals surface area contributed by atoms with Gasteiger partial charge in [0.2, 0.25) is 0 Å².